The number of aromatic nitrogens is 4. The molecule has 0 aromatic carbocycles. The fraction of sp³-hybridized carbons (Fsp3) is 0.600. The number of hydrogen-bond acceptors (Lipinski definition) is 6. The number of nitrogens with zero attached hydrogens (tertiary/aromatic N) is 5. The molecule has 8 heteroatoms. The van der Waals surface area contributed by atoms with E-state index in [1.165, 1.54) is 24.4 Å². The van der Waals surface area contributed by atoms with Gasteiger partial charge in [0.05, 0.1) is 11.3 Å². The predicted octanol–water partition coefficient (Wildman–Crippen LogP) is 1.98. The Morgan fingerprint density at radius 1 is 1.30 bits per heavy atom. The number of aryl methyl sites for hydroxylation is 1. The molecule has 2 aromatic heterocycles. The molecule has 0 unspecified atom stereocenters. The number of nitrogens with two attached hydrogens (primary N) is 1. The van der Waals surface area contributed by atoms with Crippen LogP contribution in [0.5, 0.6) is 0 Å². The molecule has 0 bridgehead atoms. The topological polar surface area (TPSA) is 89.9 Å². The Labute approximate surface area is 138 Å². The van der Waals surface area contributed by atoms with Crippen molar-refractivity contribution in [1.82, 2.24) is 24.0 Å². The van der Waals surface area contributed by atoms with E-state index in [0.29, 0.717) is 22.5 Å². The first-order valence-corrected chi connectivity index (χ1v) is 8.83. The van der Waals surface area contributed by atoms with E-state index in [0.717, 1.165) is 37.4 Å². The standard InChI is InChI=1S/C15H20N6OS/c1-9-12(13(16)23-19-9)15(22)20-6-4-10(5-7-20)14-18-17-8-21(14)11-2-3-11/h8,10-11H,2-7,16H2,1H3. The van der Waals surface area contributed by atoms with Crippen LogP contribution in [0.3, 0.4) is 0 Å². The van der Waals surface area contributed by atoms with Crippen molar-refractivity contribution in [3.8, 4) is 0 Å². The Morgan fingerprint density at radius 2 is 2.04 bits per heavy atom. The van der Waals surface area contributed by atoms with Crippen molar-refractivity contribution in [3.05, 3.63) is 23.4 Å². The second-order valence-corrected chi connectivity index (χ2v) is 7.21. The van der Waals surface area contributed by atoms with Gasteiger partial charge in [-0.05, 0) is 44.1 Å². The lowest BCUT2D eigenvalue weighted by Gasteiger charge is -2.31. The molecule has 0 radical (unpaired) electrons. The van der Waals surface area contributed by atoms with Gasteiger partial charge >= 0.3 is 0 Å². The van der Waals surface area contributed by atoms with E-state index in [-0.39, 0.29) is 5.91 Å². The number of anilines is 1. The first-order valence-electron chi connectivity index (χ1n) is 8.05. The van der Waals surface area contributed by atoms with Gasteiger partial charge in [-0.2, -0.15) is 4.37 Å². The van der Waals surface area contributed by atoms with E-state index in [4.69, 9.17) is 5.73 Å². The van der Waals surface area contributed by atoms with Crippen LogP contribution >= 0.6 is 11.5 Å². The van der Waals surface area contributed by atoms with Gasteiger partial charge < -0.3 is 15.2 Å². The van der Waals surface area contributed by atoms with Crippen LogP contribution in [-0.2, 0) is 0 Å². The molecular weight excluding hydrogens is 312 g/mol. The van der Waals surface area contributed by atoms with Crippen LogP contribution in [-0.4, -0.2) is 43.0 Å². The molecule has 2 aliphatic rings. The molecule has 4 rings (SSSR count). The van der Waals surface area contributed by atoms with Crippen molar-refractivity contribution in [2.24, 2.45) is 0 Å². The van der Waals surface area contributed by atoms with Gasteiger partial charge in [0.2, 0.25) is 0 Å². The molecule has 1 aliphatic carbocycles. The number of rotatable bonds is 3. The Balaban J connectivity index is 1.45. The second kappa shape index (κ2) is 5.59. The number of carbonyl (C=O) groups excluding carboxylic acids is 1. The summed E-state index contributed by atoms with van der Waals surface area (Å²) < 4.78 is 6.40. The SMILES string of the molecule is Cc1nsc(N)c1C(=O)N1CCC(c2nncn2C2CC2)CC1. The molecule has 3 heterocycles. The summed E-state index contributed by atoms with van der Waals surface area (Å²) >= 11 is 1.19. The highest BCUT2D eigenvalue weighted by Gasteiger charge is 2.32. The number of piperidine rings is 1. The van der Waals surface area contributed by atoms with Crippen LogP contribution in [0, 0.1) is 6.92 Å². The summed E-state index contributed by atoms with van der Waals surface area (Å²) in [4.78, 5) is 14.6. The van der Waals surface area contributed by atoms with Crippen LogP contribution in [0.25, 0.3) is 0 Å². The van der Waals surface area contributed by atoms with Gasteiger partial charge in [0.25, 0.3) is 5.91 Å². The highest BCUT2D eigenvalue weighted by Crippen LogP contribution is 2.38. The molecular formula is C15H20N6OS. The molecule has 0 atom stereocenters. The monoisotopic (exact) mass is 332 g/mol. The first kappa shape index (κ1) is 14.6. The summed E-state index contributed by atoms with van der Waals surface area (Å²) in [5.41, 5.74) is 7.21. The maximum absolute atomic E-state index is 12.7. The van der Waals surface area contributed by atoms with Crippen molar-refractivity contribution < 1.29 is 4.79 Å². The zero-order valence-corrected chi connectivity index (χ0v) is 13.9. The maximum Gasteiger partial charge on any atom is 0.258 e. The lowest BCUT2D eigenvalue weighted by atomic mass is 9.95. The minimum Gasteiger partial charge on any atom is -0.389 e. The molecule has 2 fully saturated rings. The molecule has 0 spiro atoms. The third-order valence-electron chi connectivity index (χ3n) is 4.79. The van der Waals surface area contributed by atoms with Gasteiger partial charge in [-0.3, -0.25) is 4.79 Å². The Morgan fingerprint density at radius 3 is 2.65 bits per heavy atom. The average molecular weight is 332 g/mol. The van der Waals surface area contributed by atoms with E-state index in [2.05, 4.69) is 19.1 Å². The van der Waals surface area contributed by atoms with Crippen LogP contribution in [0.15, 0.2) is 6.33 Å². The minimum atomic E-state index is 0.0101. The lowest BCUT2D eigenvalue weighted by Crippen LogP contribution is -2.38. The lowest BCUT2D eigenvalue weighted by molar-refractivity contribution is 0.0710. The van der Waals surface area contributed by atoms with Crippen LogP contribution in [0.1, 0.15) is 59.5 Å². The molecule has 2 N–H and O–H groups in total. The van der Waals surface area contributed by atoms with Gasteiger partial charge in [0.1, 0.15) is 17.2 Å². The fourth-order valence-corrected chi connectivity index (χ4v) is 3.98. The average Bonchev–Trinajstić information content (AvgIpc) is 3.19. The number of hydrogen-bond donors (Lipinski definition) is 1. The van der Waals surface area contributed by atoms with E-state index in [9.17, 15) is 4.79 Å². The summed E-state index contributed by atoms with van der Waals surface area (Å²) in [7, 11) is 0. The molecule has 1 aliphatic heterocycles. The number of nitrogen functional groups attached to an aromatic ring is 1. The zero-order valence-electron chi connectivity index (χ0n) is 13.1. The fourth-order valence-electron chi connectivity index (χ4n) is 3.32. The minimum absolute atomic E-state index is 0.0101. The molecule has 2 aromatic rings. The Bertz CT molecular complexity index is 707. The van der Waals surface area contributed by atoms with Crippen LogP contribution in [0.2, 0.25) is 0 Å². The molecule has 1 saturated carbocycles. The van der Waals surface area contributed by atoms with Gasteiger partial charge in [-0.25, -0.2) is 0 Å². The van der Waals surface area contributed by atoms with Crippen molar-refractivity contribution in [2.75, 3.05) is 18.8 Å². The van der Waals surface area contributed by atoms with Gasteiger partial charge in [0, 0.05) is 25.0 Å². The summed E-state index contributed by atoms with van der Waals surface area (Å²) in [6, 6.07) is 0.596. The highest BCUT2D eigenvalue weighted by atomic mass is 32.1. The molecule has 7 nitrogen and oxygen atoms in total. The van der Waals surface area contributed by atoms with Crippen LogP contribution in [0.4, 0.5) is 5.00 Å². The van der Waals surface area contributed by atoms with E-state index >= 15 is 0 Å². The van der Waals surface area contributed by atoms with Gasteiger partial charge in [-0.15, -0.1) is 10.2 Å². The normalized spacial score (nSPS) is 19.3. The molecule has 122 valence electrons. The molecule has 1 saturated heterocycles. The van der Waals surface area contributed by atoms with Crippen LogP contribution < -0.4 is 5.73 Å². The summed E-state index contributed by atoms with van der Waals surface area (Å²) in [6.07, 6.45) is 6.16. The summed E-state index contributed by atoms with van der Waals surface area (Å²) in [5, 5.41) is 8.93. The van der Waals surface area contributed by atoms with Crippen molar-refractivity contribution in [3.63, 3.8) is 0 Å². The van der Waals surface area contributed by atoms with Crippen molar-refractivity contribution >= 4 is 22.4 Å². The highest BCUT2D eigenvalue weighted by molar-refractivity contribution is 7.10. The predicted molar refractivity (Wildman–Crippen MR) is 87.4 cm³/mol. The van der Waals surface area contributed by atoms with Gasteiger partial charge in [0.15, 0.2) is 0 Å². The van der Waals surface area contributed by atoms with Gasteiger partial charge in [-0.1, -0.05) is 0 Å². The number of amides is 1. The quantitative estimate of drug-likeness (QED) is 0.928. The van der Waals surface area contributed by atoms with E-state index in [1.54, 1.807) is 0 Å². The second-order valence-electron chi connectivity index (χ2n) is 6.40. The summed E-state index contributed by atoms with van der Waals surface area (Å²) in [6.45, 7) is 3.30. The zero-order chi connectivity index (χ0) is 16.0. The summed E-state index contributed by atoms with van der Waals surface area (Å²) in [5.74, 6) is 1.49. The van der Waals surface area contributed by atoms with E-state index < -0.39 is 0 Å². The Kier molecular flexibility index (Phi) is 3.56. The van der Waals surface area contributed by atoms with Crippen molar-refractivity contribution in [2.45, 2.75) is 44.6 Å². The largest absolute Gasteiger partial charge is 0.389 e. The molecule has 1 amide bonds. The third kappa shape index (κ3) is 2.60. The number of likely N-dealkylation sites (tertiary alicyclic amines) is 1. The third-order valence-corrected chi connectivity index (χ3v) is 5.56. The van der Waals surface area contributed by atoms with Crippen molar-refractivity contribution in [1.29, 1.82) is 0 Å². The number of carbonyl (C=O) groups is 1. The smallest absolute Gasteiger partial charge is 0.258 e. The maximum atomic E-state index is 12.7. The Hall–Kier alpha value is -1.96. The first-order chi connectivity index (χ1) is 11.1. The molecule has 23 heavy (non-hydrogen) atoms. The van der Waals surface area contributed by atoms with E-state index in [1.807, 2.05) is 18.2 Å².